The minimum atomic E-state index is -0.989. The van der Waals surface area contributed by atoms with Crippen molar-refractivity contribution in [3.05, 3.63) is 24.2 Å². The van der Waals surface area contributed by atoms with Crippen LogP contribution in [0.25, 0.3) is 0 Å². The number of carbonyl (C=O) groups excluding carboxylic acids is 1. The van der Waals surface area contributed by atoms with Crippen molar-refractivity contribution in [3.63, 3.8) is 0 Å². The second-order valence-corrected chi connectivity index (χ2v) is 4.05. The predicted molar refractivity (Wildman–Crippen MR) is 64.9 cm³/mol. The van der Waals surface area contributed by atoms with E-state index in [1.165, 1.54) is 6.26 Å². The Hall–Kier alpha value is -1.82. The lowest BCUT2D eigenvalue weighted by Gasteiger charge is -2.06. The summed E-state index contributed by atoms with van der Waals surface area (Å²) in [7, 11) is 0. The van der Waals surface area contributed by atoms with Crippen molar-refractivity contribution in [2.24, 2.45) is 5.73 Å². The first-order valence-electron chi connectivity index (χ1n) is 5.87. The van der Waals surface area contributed by atoms with Crippen molar-refractivity contribution in [1.82, 2.24) is 5.32 Å². The van der Waals surface area contributed by atoms with Crippen molar-refractivity contribution in [2.45, 2.75) is 31.7 Å². The number of hydrogen-bond donors (Lipinski definition) is 3. The zero-order valence-corrected chi connectivity index (χ0v) is 10.1. The number of carboxylic acid groups (broad SMARTS) is 1. The van der Waals surface area contributed by atoms with Gasteiger partial charge in [0.05, 0.1) is 12.7 Å². The van der Waals surface area contributed by atoms with E-state index in [0.717, 1.165) is 0 Å². The van der Waals surface area contributed by atoms with E-state index >= 15 is 0 Å². The Bertz CT molecular complexity index is 375. The van der Waals surface area contributed by atoms with Crippen molar-refractivity contribution in [2.75, 3.05) is 6.54 Å². The van der Waals surface area contributed by atoms with Gasteiger partial charge in [0.2, 0.25) is 5.91 Å². The molecule has 0 radical (unpaired) electrons. The van der Waals surface area contributed by atoms with Gasteiger partial charge >= 0.3 is 5.97 Å². The number of carboxylic acids is 1. The molecule has 0 saturated carbocycles. The van der Waals surface area contributed by atoms with Gasteiger partial charge in [-0.3, -0.25) is 9.59 Å². The molecule has 6 nitrogen and oxygen atoms in total. The normalized spacial score (nSPS) is 12.1. The lowest BCUT2D eigenvalue weighted by atomic mass is 10.1. The Morgan fingerprint density at radius 3 is 2.83 bits per heavy atom. The minimum Gasteiger partial charge on any atom is -0.480 e. The van der Waals surface area contributed by atoms with Crippen molar-refractivity contribution in [1.29, 1.82) is 0 Å². The van der Waals surface area contributed by atoms with E-state index in [1.807, 2.05) is 0 Å². The van der Waals surface area contributed by atoms with Crippen LogP contribution in [0, 0.1) is 0 Å². The van der Waals surface area contributed by atoms with Crippen LogP contribution in [0.5, 0.6) is 0 Å². The number of aliphatic carboxylic acids is 1. The van der Waals surface area contributed by atoms with E-state index in [4.69, 9.17) is 15.3 Å². The van der Waals surface area contributed by atoms with E-state index < -0.39 is 12.0 Å². The summed E-state index contributed by atoms with van der Waals surface area (Å²) in [5, 5.41) is 11.3. The average molecular weight is 254 g/mol. The molecular formula is C12H18N2O4. The van der Waals surface area contributed by atoms with Crippen LogP contribution in [0.1, 0.15) is 25.0 Å². The van der Waals surface area contributed by atoms with Crippen LogP contribution in [0.4, 0.5) is 0 Å². The molecule has 0 aliphatic carbocycles. The summed E-state index contributed by atoms with van der Waals surface area (Å²) in [5.74, 6) is -0.468. The summed E-state index contributed by atoms with van der Waals surface area (Å²) >= 11 is 0. The third-order valence-electron chi connectivity index (χ3n) is 2.50. The molecule has 0 aliphatic heterocycles. The van der Waals surface area contributed by atoms with Crippen LogP contribution < -0.4 is 11.1 Å². The smallest absolute Gasteiger partial charge is 0.320 e. The summed E-state index contributed by atoms with van der Waals surface area (Å²) in [6.07, 6.45) is 3.56. The average Bonchev–Trinajstić information content (AvgIpc) is 2.80. The number of unbranched alkanes of at least 4 members (excludes halogenated alkanes) is 1. The summed E-state index contributed by atoms with van der Waals surface area (Å²) < 4.78 is 5.05. The fraction of sp³-hybridized carbons (Fsp3) is 0.500. The molecule has 1 aromatic heterocycles. The number of carbonyl (C=O) groups is 2. The Labute approximate surface area is 105 Å². The van der Waals surface area contributed by atoms with Gasteiger partial charge in [-0.2, -0.15) is 0 Å². The van der Waals surface area contributed by atoms with Gasteiger partial charge in [-0.15, -0.1) is 0 Å². The third kappa shape index (κ3) is 5.49. The monoisotopic (exact) mass is 254 g/mol. The van der Waals surface area contributed by atoms with Crippen LogP contribution in [-0.4, -0.2) is 29.6 Å². The summed E-state index contributed by atoms with van der Waals surface area (Å²) in [6, 6.07) is 2.66. The molecular weight excluding hydrogens is 236 g/mol. The fourth-order valence-corrected chi connectivity index (χ4v) is 1.47. The van der Waals surface area contributed by atoms with Gasteiger partial charge in [0, 0.05) is 6.54 Å². The summed E-state index contributed by atoms with van der Waals surface area (Å²) in [5.41, 5.74) is 5.35. The zero-order valence-electron chi connectivity index (χ0n) is 10.1. The van der Waals surface area contributed by atoms with Gasteiger partial charge in [-0.1, -0.05) is 0 Å². The van der Waals surface area contributed by atoms with Gasteiger partial charge in [0.15, 0.2) is 0 Å². The molecule has 0 spiro atoms. The molecule has 0 saturated heterocycles. The maximum absolute atomic E-state index is 11.4. The molecule has 1 atom stereocenters. The standard InChI is InChI=1S/C12H18N2O4/c13-10(12(16)17)5-1-2-6-14-11(15)8-9-4-3-7-18-9/h3-4,7,10H,1-2,5-6,8,13H2,(H,14,15)(H,16,17)/t10-/m0/s1. The van der Waals surface area contributed by atoms with Crippen LogP contribution in [0.3, 0.4) is 0 Å². The lowest BCUT2D eigenvalue weighted by molar-refractivity contribution is -0.138. The molecule has 100 valence electrons. The molecule has 18 heavy (non-hydrogen) atoms. The second kappa shape index (κ2) is 7.50. The zero-order chi connectivity index (χ0) is 13.4. The minimum absolute atomic E-state index is 0.104. The highest BCUT2D eigenvalue weighted by Gasteiger charge is 2.10. The maximum atomic E-state index is 11.4. The van der Waals surface area contributed by atoms with Gasteiger partial charge in [-0.05, 0) is 31.4 Å². The molecule has 1 amide bonds. The summed E-state index contributed by atoms with van der Waals surface area (Å²) in [6.45, 7) is 0.520. The quantitative estimate of drug-likeness (QED) is 0.586. The Balaban J connectivity index is 2.04. The Kier molecular flexibility index (Phi) is 5.93. The van der Waals surface area contributed by atoms with Gasteiger partial charge < -0.3 is 20.6 Å². The highest BCUT2D eigenvalue weighted by Crippen LogP contribution is 2.01. The highest BCUT2D eigenvalue weighted by atomic mass is 16.4. The van der Waals surface area contributed by atoms with E-state index in [2.05, 4.69) is 5.32 Å². The molecule has 4 N–H and O–H groups in total. The number of furan rings is 1. The SMILES string of the molecule is N[C@@H](CCCCNC(=O)Cc1ccco1)C(=O)O. The largest absolute Gasteiger partial charge is 0.480 e. The van der Waals surface area contributed by atoms with Crippen LogP contribution in [0.2, 0.25) is 0 Å². The van der Waals surface area contributed by atoms with Crippen molar-refractivity contribution >= 4 is 11.9 Å². The molecule has 0 aromatic carbocycles. The molecule has 0 aliphatic rings. The molecule has 1 aromatic rings. The van der Waals surface area contributed by atoms with Crippen LogP contribution in [-0.2, 0) is 16.0 Å². The highest BCUT2D eigenvalue weighted by molar-refractivity contribution is 5.77. The Morgan fingerprint density at radius 2 is 2.22 bits per heavy atom. The number of hydrogen-bond acceptors (Lipinski definition) is 4. The van der Waals surface area contributed by atoms with Gasteiger partial charge in [-0.25, -0.2) is 0 Å². The van der Waals surface area contributed by atoms with Gasteiger partial charge in [0.25, 0.3) is 0 Å². The lowest BCUT2D eigenvalue weighted by Crippen LogP contribution is -2.30. The molecule has 1 rings (SSSR count). The van der Waals surface area contributed by atoms with E-state index in [0.29, 0.717) is 31.6 Å². The van der Waals surface area contributed by atoms with Gasteiger partial charge in [0.1, 0.15) is 11.8 Å². The molecule has 6 heteroatoms. The maximum Gasteiger partial charge on any atom is 0.320 e. The van der Waals surface area contributed by atoms with Crippen molar-refractivity contribution in [3.8, 4) is 0 Å². The number of amides is 1. The first-order valence-corrected chi connectivity index (χ1v) is 5.87. The number of nitrogens with one attached hydrogen (secondary N) is 1. The van der Waals surface area contributed by atoms with Crippen molar-refractivity contribution < 1.29 is 19.1 Å². The summed E-state index contributed by atoms with van der Waals surface area (Å²) in [4.78, 5) is 21.9. The van der Waals surface area contributed by atoms with Crippen LogP contribution in [0.15, 0.2) is 22.8 Å². The molecule has 1 heterocycles. The van der Waals surface area contributed by atoms with E-state index in [9.17, 15) is 9.59 Å². The third-order valence-corrected chi connectivity index (χ3v) is 2.50. The first kappa shape index (κ1) is 14.2. The molecule has 0 unspecified atom stereocenters. The number of rotatable bonds is 8. The second-order valence-electron chi connectivity index (χ2n) is 4.05. The molecule has 0 bridgehead atoms. The molecule has 0 fully saturated rings. The van der Waals surface area contributed by atoms with E-state index in [-0.39, 0.29) is 12.3 Å². The first-order chi connectivity index (χ1) is 8.59. The van der Waals surface area contributed by atoms with E-state index in [1.54, 1.807) is 12.1 Å². The Morgan fingerprint density at radius 1 is 1.44 bits per heavy atom. The fourth-order valence-electron chi connectivity index (χ4n) is 1.47. The number of nitrogens with two attached hydrogens (primary N) is 1. The van der Waals surface area contributed by atoms with Crippen LogP contribution >= 0.6 is 0 Å². The predicted octanol–water partition coefficient (Wildman–Crippen LogP) is 0.520. The topological polar surface area (TPSA) is 106 Å².